The molecule has 0 aliphatic rings. The molecule has 0 unspecified atom stereocenters. The van der Waals surface area contributed by atoms with Gasteiger partial charge in [-0.05, 0) is 13.0 Å². The number of carbonyl (C=O) groups excluding carboxylic acids is 1. The number of halogens is 2. The summed E-state index contributed by atoms with van der Waals surface area (Å²) in [4.78, 5) is 10.3. The van der Waals surface area contributed by atoms with Crippen molar-refractivity contribution in [1.82, 2.24) is 0 Å². The van der Waals surface area contributed by atoms with Gasteiger partial charge in [0.2, 0.25) is 0 Å². The van der Waals surface area contributed by atoms with E-state index in [-0.39, 0.29) is 12.3 Å². The van der Waals surface area contributed by atoms with Crippen LogP contribution in [0.2, 0.25) is 0 Å². The standard InChI is InChI=1S/C5H11N2O.2ClH.Pt/c6-3-1-2-5(8)4-7;;;/h7H,1-4,6H2;2*1H;/q-1;;;+2/p-2. The molecule has 0 atom stereocenters. The molecule has 72 valence electrons. The van der Waals surface area contributed by atoms with Crippen LogP contribution in [0.25, 0.3) is 5.73 Å². The molecule has 3 nitrogen and oxygen atoms in total. The van der Waals surface area contributed by atoms with Gasteiger partial charge in [0, 0.05) is 6.42 Å². The van der Waals surface area contributed by atoms with Gasteiger partial charge >= 0.3 is 35.3 Å². The maximum absolute atomic E-state index is 10.3. The zero-order valence-electron chi connectivity index (χ0n) is 5.89. The summed E-state index contributed by atoms with van der Waals surface area (Å²) in [5, 5.41) is 0. The molecule has 0 radical (unpaired) electrons. The molecule has 0 saturated carbocycles. The Balaban J connectivity index is 0. The van der Waals surface area contributed by atoms with E-state index >= 15 is 0 Å². The molecule has 6 heteroatoms. The van der Waals surface area contributed by atoms with Crippen LogP contribution in [0.3, 0.4) is 0 Å². The second-order valence-corrected chi connectivity index (χ2v) is 4.94. The van der Waals surface area contributed by atoms with Crippen LogP contribution in [0.5, 0.6) is 0 Å². The van der Waals surface area contributed by atoms with Crippen molar-refractivity contribution in [2.75, 3.05) is 13.1 Å². The molecule has 0 saturated heterocycles. The number of Topliss-reactive ketones (excluding diaryl/α,β-unsaturated/α-hetero) is 1. The topological polar surface area (TPSA) is 66.9 Å². The van der Waals surface area contributed by atoms with Crippen LogP contribution in [0, 0.1) is 0 Å². The average molecular weight is 381 g/mol. The van der Waals surface area contributed by atoms with Gasteiger partial charge in [-0.3, -0.25) is 0 Å². The van der Waals surface area contributed by atoms with Gasteiger partial charge in [0.15, 0.2) is 0 Å². The van der Waals surface area contributed by atoms with Crippen molar-refractivity contribution in [3.63, 3.8) is 0 Å². The summed E-state index contributed by atoms with van der Waals surface area (Å²) < 4.78 is 0. The van der Waals surface area contributed by atoms with Crippen molar-refractivity contribution in [1.29, 1.82) is 0 Å². The van der Waals surface area contributed by atoms with E-state index in [1.165, 1.54) is 0 Å². The molecule has 0 fully saturated rings. The molecule has 11 heavy (non-hydrogen) atoms. The minimum Gasteiger partial charge on any atom is -0.671 e. The van der Waals surface area contributed by atoms with Crippen LogP contribution >= 0.6 is 18.8 Å². The maximum Gasteiger partial charge on any atom is 0.112 e. The Morgan fingerprint density at radius 3 is 2.27 bits per heavy atom. The van der Waals surface area contributed by atoms with Crippen molar-refractivity contribution in [2.24, 2.45) is 5.73 Å². The number of hydrogen-bond donors (Lipinski definition) is 1. The fourth-order valence-electron chi connectivity index (χ4n) is 0.388. The first kappa shape index (κ1) is 14.4. The second kappa shape index (κ2) is 13.4. The van der Waals surface area contributed by atoms with E-state index in [2.05, 4.69) is 0 Å². The van der Waals surface area contributed by atoms with Gasteiger partial charge < -0.3 is 16.3 Å². The SMILES string of the molecule is [Cl][Pt][Cl].[NH-]CC(=O)CCCN. The molecule has 3 N–H and O–H groups in total. The number of hydrogen-bond acceptors (Lipinski definition) is 2. The summed E-state index contributed by atoms with van der Waals surface area (Å²) in [6, 6.07) is 0. The molecule has 0 spiro atoms. The first-order valence-electron chi connectivity index (χ1n) is 2.91. The third-order valence-electron chi connectivity index (χ3n) is 0.857. The summed E-state index contributed by atoms with van der Waals surface area (Å²) >= 11 is -0.472. The Bertz CT molecular complexity index is 94.6. The molecule has 0 rings (SSSR count). The predicted octanol–water partition coefficient (Wildman–Crippen LogP) is 1.72. The van der Waals surface area contributed by atoms with E-state index < -0.39 is 16.5 Å². The van der Waals surface area contributed by atoms with Gasteiger partial charge in [0.25, 0.3) is 0 Å². The minimum absolute atomic E-state index is 0.0181. The predicted molar refractivity (Wildman–Crippen MR) is 44.2 cm³/mol. The van der Waals surface area contributed by atoms with Crippen molar-refractivity contribution in [2.45, 2.75) is 12.8 Å². The van der Waals surface area contributed by atoms with Crippen molar-refractivity contribution in [3.8, 4) is 0 Å². The molecule has 0 aliphatic heterocycles. The van der Waals surface area contributed by atoms with Crippen molar-refractivity contribution >= 4 is 24.6 Å². The zero-order valence-corrected chi connectivity index (χ0v) is 9.67. The first-order valence-corrected chi connectivity index (χ1v) is 8.54. The zero-order chi connectivity index (χ0) is 9.11. The van der Waals surface area contributed by atoms with E-state index in [1.807, 2.05) is 0 Å². The van der Waals surface area contributed by atoms with Gasteiger partial charge in [-0.2, -0.15) is 0 Å². The van der Waals surface area contributed by atoms with E-state index in [4.69, 9.17) is 30.3 Å². The monoisotopic (exact) mass is 380 g/mol. The first-order chi connectivity index (χ1) is 5.22. The van der Waals surface area contributed by atoms with E-state index in [0.29, 0.717) is 13.0 Å². The molecule has 0 aliphatic carbocycles. The van der Waals surface area contributed by atoms with Gasteiger partial charge in [0.05, 0.1) is 0 Å². The Hall–Kier alpha value is 0.858. The molecule has 0 heterocycles. The fourth-order valence-corrected chi connectivity index (χ4v) is 0.388. The normalized spacial score (nSPS) is 8.73. The molecule has 0 aromatic carbocycles. The maximum atomic E-state index is 10.3. The van der Waals surface area contributed by atoms with Crippen LogP contribution in [0.1, 0.15) is 12.8 Å². The van der Waals surface area contributed by atoms with Gasteiger partial charge in [0.1, 0.15) is 5.78 Å². The fraction of sp³-hybridized carbons (Fsp3) is 0.800. The van der Waals surface area contributed by atoms with Crippen molar-refractivity contribution in [3.05, 3.63) is 5.73 Å². The molecular weight excluding hydrogens is 370 g/mol. The largest absolute Gasteiger partial charge is 0.671 e. The van der Waals surface area contributed by atoms with Gasteiger partial charge in [-0.15, -0.1) is 0 Å². The summed E-state index contributed by atoms with van der Waals surface area (Å²) in [5.74, 6) is -0.0181. The number of rotatable bonds is 4. The summed E-state index contributed by atoms with van der Waals surface area (Å²) in [5.41, 5.74) is 11.7. The van der Waals surface area contributed by atoms with Crippen LogP contribution < -0.4 is 5.73 Å². The van der Waals surface area contributed by atoms with Crippen LogP contribution in [0.4, 0.5) is 0 Å². The van der Waals surface area contributed by atoms with E-state index in [1.54, 1.807) is 0 Å². The third kappa shape index (κ3) is 18.1. The average Bonchev–Trinajstić information content (AvgIpc) is 2.02. The minimum atomic E-state index is -0.472. The number of carbonyl (C=O) groups is 1. The Kier molecular flexibility index (Phi) is 17.6. The summed E-state index contributed by atoms with van der Waals surface area (Å²) in [6.45, 7) is 0.450. The van der Waals surface area contributed by atoms with E-state index in [9.17, 15) is 4.79 Å². The summed E-state index contributed by atoms with van der Waals surface area (Å²) in [6.07, 6.45) is 1.19. The molecular formula is C5H11Cl2N2OPt-. The molecule has 0 aromatic heterocycles. The second-order valence-electron chi connectivity index (χ2n) is 1.65. The van der Waals surface area contributed by atoms with Gasteiger partial charge in [-0.1, -0.05) is 6.54 Å². The third-order valence-corrected chi connectivity index (χ3v) is 0.857. The number of nitrogens with two attached hydrogens (primary N) is 1. The summed E-state index contributed by atoms with van der Waals surface area (Å²) in [7, 11) is 9.75. The Morgan fingerprint density at radius 2 is 2.00 bits per heavy atom. The molecule has 0 bridgehead atoms. The Morgan fingerprint density at radius 1 is 1.55 bits per heavy atom. The van der Waals surface area contributed by atoms with Crippen LogP contribution in [0.15, 0.2) is 0 Å². The van der Waals surface area contributed by atoms with Crippen LogP contribution in [-0.2, 0) is 21.3 Å². The molecule has 0 aromatic rings. The van der Waals surface area contributed by atoms with Crippen molar-refractivity contribution < 1.29 is 21.3 Å². The van der Waals surface area contributed by atoms with E-state index in [0.717, 1.165) is 6.42 Å². The quantitative estimate of drug-likeness (QED) is 0.806. The van der Waals surface area contributed by atoms with Crippen LogP contribution in [-0.4, -0.2) is 18.9 Å². The number of ketones is 1. The molecule has 0 amide bonds. The smallest absolute Gasteiger partial charge is 0.112 e. The van der Waals surface area contributed by atoms with Gasteiger partial charge in [-0.25, -0.2) is 0 Å². The Labute approximate surface area is 83.2 Å². The number of nitrogens with one attached hydrogen (secondary N) is 1.